The van der Waals surface area contributed by atoms with E-state index in [0.717, 1.165) is 19.1 Å². The van der Waals surface area contributed by atoms with Gasteiger partial charge in [-0.3, -0.25) is 9.20 Å². The van der Waals surface area contributed by atoms with Gasteiger partial charge in [0.15, 0.2) is 5.69 Å². The fourth-order valence-electron chi connectivity index (χ4n) is 2.95. The average molecular weight is 336 g/mol. The second-order valence-corrected chi connectivity index (χ2v) is 7.85. The number of rotatable bonds is 3. The van der Waals surface area contributed by atoms with Crippen LogP contribution in [0.15, 0.2) is 29.6 Å². The first-order chi connectivity index (χ1) is 10.9. The van der Waals surface area contributed by atoms with Crippen molar-refractivity contribution in [2.24, 2.45) is 11.7 Å². The lowest BCUT2D eigenvalue weighted by Gasteiger charge is -2.30. The van der Waals surface area contributed by atoms with Gasteiger partial charge in [0.25, 0.3) is 5.91 Å². The maximum atomic E-state index is 12.8. The maximum absolute atomic E-state index is 12.8. The molecular weight excluding hydrogens is 316 g/mol. The lowest BCUT2D eigenvalue weighted by atomic mass is 9.97. The number of pyridine rings is 1. The number of imidazole rings is 1. The first kappa shape index (κ1) is 15.9. The van der Waals surface area contributed by atoms with Gasteiger partial charge in [0, 0.05) is 25.5 Å². The van der Waals surface area contributed by atoms with E-state index < -0.39 is 9.84 Å². The molecule has 0 spiro atoms. The summed E-state index contributed by atoms with van der Waals surface area (Å²) in [5, 5.41) is -0.103. The van der Waals surface area contributed by atoms with E-state index in [4.69, 9.17) is 5.73 Å². The standard InChI is InChI=1S/C15H20N4O3S/c1-23(21,22)15-17-13(12-4-2-3-7-19(12)15)14(20)18-8-5-11(10-16)6-9-18/h2-4,7,11H,5-6,8-10,16H2,1H3. The van der Waals surface area contributed by atoms with Crippen LogP contribution in [0.3, 0.4) is 0 Å². The number of likely N-dealkylation sites (tertiary alicyclic amines) is 1. The Labute approximate surface area is 135 Å². The van der Waals surface area contributed by atoms with Gasteiger partial charge >= 0.3 is 0 Å². The summed E-state index contributed by atoms with van der Waals surface area (Å²) in [5.41, 5.74) is 6.38. The number of sulfone groups is 1. The summed E-state index contributed by atoms with van der Waals surface area (Å²) in [6.07, 6.45) is 4.44. The molecule has 3 heterocycles. The topological polar surface area (TPSA) is 97.8 Å². The van der Waals surface area contributed by atoms with Gasteiger partial charge in [-0.15, -0.1) is 0 Å². The Morgan fingerprint density at radius 1 is 1.35 bits per heavy atom. The predicted octanol–water partition coefficient (Wildman–Crippen LogP) is 0.549. The molecule has 0 atom stereocenters. The van der Waals surface area contributed by atoms with Crippen LogP contribution < -0.4 is 5.73 Å². The summed E-state index contributed by atoms with van der Waals surface area (Å²) in [6, 6.07) is 5.19. The summed E-state index contributed by atoms with van der Waals surface area (Å²) in [4.78, 5) is 18.6. The normalized spacial score (nSPS) is 16.9. The van der Waals surface area contributed by atoms with Crippen molar-refractivity contribution < 1.29 is 13.2 Å². The van der Waals surface area contributed by atoms with Crippen molar-refractivity contribution in [1.29, 1.82) is 0 Å². The molecule has 7 nitrogen and oxygen atoms in total. The first-order valence-corrected chi connectivity index (χ1v) is 9.47. The third-order valence-electron chi connectivity index (χ3n) is 4.29. The summed E-state index contributed by atoms with van der Waals surface area (Å²) in [6.45, 7) is 1.88. The molecule has 0 aromatic carbocycles. The lowest BCUT2D eigenvalue weighted by Crippen LogP contribution is -2.40. The summed E-state index contributed by atoms with van der Waals surface area (Å²) in [5.74, 6) is 0.225. The lowest BCUT2D eigenvalue weighted by molar-refractivity contribution is 0.0689. The molecule has 1 fully saturated rings. The van der Waals surface area contributed by atoms with Crippen LogP contribution in [0.25, 0.3) is 5.52 Å². The van der Waals surface area contributed by atoms with Gasteiger partial charge < -0.3 is 10.6 Å². The highest BCUT2D eigenvalue weighted by Gasteiger charge is 2.28. The summed E-state index contributed by atoms with van der Waals surface area (Å²) in [7, 11) is -3.52. The van der Waals surface area contributed by atoms with E-state index in [0.29, 0.717) is 31.1 Å². The van der Waals surface area contributed by atoms with Gasteiger partial charge in [-0.05, 0) is 37.4 Å². The van der Waals surface area contributed by atoms with E-state index >= 15 is 0 Å². The first-order valence-electron chi connectivity index (χ1n) is 7.58. The molecule has 2 aromatic rings. The van der Waals surface area contributed by atoms with E-state index in [1.807, 2.05) is 0 Å². The number of piperidine rings is 1. The molecule has 0 aliphatic carbocycles. The molecule has 0 unspecified atom stereocenters. The number of carbonyl (C=O) groups excluding carboxylic acids is 1. The second-order valence-electron chi connectivity index (χ2n) is 5.94. The number of nitrogens with zero attached hydrogens (tertiary/aromatic N) is 3. The predicted molar refractivity (Wildman–Crippen MR) is 86.0 cm³/mol. The zero-order chi connectivity index (χ0) is 16.6. The van der Waals surface area contributed by atoms with Crippen LogP contribution in [0.4, 0.5) is 0 Å². The molecule has 1 aliphatic rings. The van der Waals surface area contributed by atoms with Crippen LogP contribution in [0.2, 0.25) is 0 Å². The van der Waals surface area contributed by atoms with Crippen LogP contribution in [0, 0.1) is 5.92 Å². The Hall–Kier alpha value is -1.93. The van der Waals surface area contributed by atoms with Crippen molar-refractivity contribution in [3.63, 3.8) is 0 Å². The fourth-order valence-corrected chi connectivity index (χ4v) is 3.72. The quantitative estimate of drug-likeness (QED) is 0.882. The van der Waals surface area contributed by atoms with Crippen LogP contribution >= 0.6 is 0 Å². The third kappa shape index (κ3) is 2.96. The molecule has 23 heavy (non-hydrogen) atoms. The van der Waals surface area contributed by atoms with Gasteiger partial charge in [-0.1, -0.05) is 6.07 Å². The highest BCUT2D eigenvalue weighted by Crippen LogP contribution is 2.22. The molecule has 0 bridgehead atoms. The Morgan fingerprint density at radius 3 is 2.65 bits per heavy atom. The van der Waals surface area contributed by atoms with Crippen molar-refractivity contribution in [1.82, 2.24) is 14.3 Å². The van der Waals surface area contributed by atoms with Gasteiger partial charge in [0.05, 0.1) is 5.52 Å². The minimum Gasteiger partial charge on any atom is -0.337 e. The highest BCUT2D eigenvalue weighted by molar-refractivity contribution is 7.90. The van der Waals surface area contributed by atoms with E-state index in [1.54, 1.807) is 29.3 Å². The zero-order valence-corrected chi connectivity index (χ0v) is 13.8. The molecular formula is C15H20N4O3S. The van der Waals surface area contributed by atoms with Crippen molar-refractivity contribution in [3.8, 4) is 0 Å². The number of amides is 1. The van der Waals surface area contributed by atoms with E-state index in [-0.39, 0.29) is 16.8 Å². The van der Waals surface area contributed by atoms with Crippen LogP contribution in [-0.4, -0.2) is 54.5 Å². The monoisotopic (exact) mass is 336 g/mol. The fraction of sp³-hybridized carbons (Fsp3) is 0.467. The summed E-state index contributed by atoms with van der Waals surface area (Å²) < 4.78 is 25.3. The highest BCUT2D eigenvalue weighted by atomic mass is 32.2. The Kier molecular flexibility index (Phi) is 4.11. The number of aromatic nitrogens is 2. The van der Waals surface area contributed by atoms with Gasteiger partial charge in [-0.25, -0.2) is 13.4 Å². The Balaban J connectivity index is 1.99. The van der Waals surface area contributed by atoms with Gasteiger partial charge in [0.1, 0.15) is 0 Å². The van der Waals surface area contributed by atoms with Gasteiger partial charge in [-0.2, -0.15) is 0 Å². The number of carbonyl (C=O) groups is 1. The maximum Gasteiger partial charge on any atom is 0.274 e. The zero-order valence-electron chi connectivity index (χ0n) is 13.0. The van der Waals surface area contributed by atoms with E-state index in [1.165, 1.54) is 4.40 Å². The number of fused-ring (bicyclic) bond motifs is 1. The van der Waals surface area contributed by atoms with Crippen LogP contribution in [0.1, 0.15) is 23.3 Å². The molecule has 3 rings (SSSR count). The third-order valence-corrected chi connectivity index (χ3v) is 5.24. The van der Waals surface area contributed by atoms with Crippen molar-refractivity contribution in [3.05, 3.63) is 30.1 Å². The number of hydrogen-bond donors (Lipinski definition) is 1. The van der Waals surface area contributed by atoms with Crippen molar-refractivity contribution in [2.45, 2.75) is 18.0 Å². The van der Waals surface area contributed by atoms with E-state index in [2.05, 4.69) is 4.98 Å². The van der Waals surface area contributed by atoms with Crippen LogP contribution in [-0.2, 0) is 9.84 Å². The Bertz CT molecular complexity index is 836. The molecule has 1 aliphatic heterocycles. The molecule has 8 heteroatoms. The van der Waals surface area contributed by atoms with E-state index in [9.17, 15) is 13.2 Å². The minimum absolute atomic E-state index is 0.103. The van der Waals surface area contributed by atoms with Crippen LogP contribution in [0.5, 0.6) is 0 Å². The number of hydrogen-bond acceptors (Lipinski definition) is 5. The van der Waals surface area contributed by atoms with Crippen molar-refractivity contribution in [2.75, 3.05) is 25.9 Å². The Morgan fingerprint density at radius 2 is 2.04 bits per heavy atom. The smallest absolute Gasteiger partial charge is 0.274 e. The number of nitrogens with two attached hydrogens (primary N) is 1. The molecule has 1 saturated heterocycles. The largest absolute Gasteiger partial charge is 0.337 e. The molecule has 124 valence electrons. The average Bonchev–Trinajstić information content (AvgIpc) is 2.94. The second kappa shape index (κ2) is 5.93. The SMILES string of the molecule is CS(=O)(=O)c1nc(C(=O)N2CCC(CN)CC2)c2ccccn12. The molecule has 2 aromatic heterocycles. The summed E-state index contributed by atoms with van der Waals surface area (Å²) >= 11 is 0. The molecule has 1 amide bonds. The minimum atomic E-state index is -3.52. The van der Waals surface area contributed by atoms with Crippen molar-refractivity contribution >= 4 is 21.3 Å². The molecule has 0 saturated carbocycles. The van der Waals surface area contributed by atoms with Gasteiger partial charge in [0.2, 0.25) is 15.0 Å². The molecule has 2 N–H and O–H groups in total. The molecule has 0 radical (unpaired) electrons.